The molecule has 1 aliphatic heterocycles. The highest BCUT2D eigenvalue weighted by Gasteiger charge is 2.33. The van der Waals surface area contributed by atoms with Crippen LogP contribution in [0.25, 0.3) is 90.6 Å². The quantitative estimate of drug-likeness (QED) is 0.157. The van der Waals surface area contributed by atoms with Crippen molar-refractivity contribution in [3.8, 4) is 102 Å². The van der Waals surface area contributed by atoms with Gasteiger partial charge in [0.25, 0.3) is 0 Å². The molecule has 0 saturated heterocycles. The second-order valence-corrected chi connectivity index (χ2v) is 15.1. The zero-order valence-electron chi connectivity index (χ0n) is 32.8. The molecule has 0 radical (unpaired) electrons. The number of aromatic nitrogens is 6. The van der Waals surface area contributed by atoms with Crippen LogP contribution in [0.4, 0.5) is 0 Å². The third-order valence-corrected chi connectivity index (χ3v) is 10.6. The number of nitriles is 1. The summed E-state index contributed by atoms with van der Waals surface area (Å²) in [5, 5.41) is 9.65. The van der Waals surface area contributed by atoms with Crippen molar-refractivity contribution in [1.29, 1.82) is 5.26 Å². The molecule has 3 heterocycles. The molecule has 0 unspecified atom stereocenters. The first kappa shape index (κ1) is 36.2. The van der Waals surface area contributed by atoms with Gasteiger partial charge in [0.2, 0.25) is 0 Å². The monoisotopic (exact) mass is 773 g/mol. The molecule has 0 bridgehead atoms. The van der Waals surface area contributed by atoms with Crippen molar-refractivity contribution in [3.05, 3.63) is 187 Å². The van der Waals surface area contributed by atoms with Crippen LogP contribution in [-0.2, 0) is 5.60 Å². The van der Waals surface area contributed by atoms with Crippen molar-refractivity contribution in [1.82, 2.24) is 29.9 Å². The van der Waals surface area contributed by atoms with E-state index >= 15 is 0 Å². The first-order valence-corrected chi connectivity index (χ1v) is 19.7. The van der Waals surface area contributed by atoms with Gasteiger partial charge in [-0.25, -0.2) is 29.9 Å². The number of ether oxygens (including phenoxy) is 1. The van der Waals surface area contributed by atoms with Crippen LogP contribution in [-0.4, -0.2) is 29.9 Å². The van der Waals surface area contributed by atoms with Crippen LogP contribution >= 0.6 is 0 Å². The Morgan fingerprint density at radius 3 is 1.18 bits per heavy atom. The Morgan fingerprint density at radius 2 is 0.767 bits per heavy atom. The van der Waals surface area contributed by atoms with Crippen LogP contribution in [0, 0.1) is 11.3 Å². The van der Waals surface area contributed by atoms with E-state index in [4.69, 9.17) is 34.6 Å². The fourth-order valence-electron chi connectivity index (χ4n) is 7.61. The summed E-state index contributed by atoms with van der Waals surface area (Å²) in [5.41, 5.74) is 9.76. The smallest absolute Gasteiger partial charge is 0.164 e. The molecule has 284 valence electrons. The van der Waals surface area contributed by atoms with Gasteiger partial charge in [0.15, 0.2) is 34.9 Å². The van der Waals surface area contributed by atoms with E-state index in [1.807, 2.05) is 159 Å². The average molecular weight is 774 g/mol. The Bertz CT molecular complexity index is 2830. The van der Waals surface area contributed by atoms with Crippen molar-refractivity contribution >= 4 is 0 Å². The van der Waals surface area contributed by atoms with Crippen molar-refractivity contribution in [2.45, 2.75) is 19.4 Å². The third-order valence-electron chi connectivity index (χ3n) is 10.6. The molecule has 1 aliphatic rings. The van der Waals surface area contributed by atoms with Gasteiger partial charge in [-0.05, 0) is 66.9 Å². The fourth-order valence-corrected chi connectivity index (χ4v) is 7.61. The summed E-state index contributed by atoms with van der Waals surface area (Å²) in [7, 11) is 0. The van der Waals surface area contributed by atoms with E-state index in [9.17, 15) is 5.26 Å². The fraction of sp³-hybridized carbons (Fsp3) is 0.0577. The molecule has 60 heavy (non-hydrogen) atoms. The summed E-state index contributed by atoms with van der Waals surface area (Å²) in [5.74, 6) is 4.00. The summed E-state index contributed by atoms with van der Waals surface area (Å²) in [4.78, 5) is 30.3. The second-order valence-electron chi connectivity index (χ2n) is 15.1. The summed E-state index contributed by atoms with van der Waals surface area (Å²) < 4.78 is 6.72. The molecule has 0 amide bonds. The van der Waals surface area contributed by atoms with E-state index in [2.05, 4.69) is 36.4 Å². The summed E-state index contributed by atoms with van der Waals surface area (Å²) in [6, 6.07) is 60.4. The van der Waals surface area contributed by atoms with Crippen LogP contribution in [0.2, 0.25) is 0 Å². The summed E-state index contributed by atoms with van der Waals surface area (Å²) >= 11 is 0. The van der Waals surface area contributed by atoms with Crippen LogP contribution in [0.15, 0.2) is 176 Å². The van der Waals surface area contributed by atoms with Crippen LogP contribution in [0.1, 0.15) is 25.0 Å². The average Bonchev–Trinajstić information content (AvgIpc) is 3.31. The zero-order chi connectivity index (χ0) is 40.6. The number of hydrogen-bond acceptors (Lipinski definition) is 8. The highest BCUT2D eigenvalue weighted by molar-refractivity contribution is 5.84. The van der Waals surface area contributed by atoms with E-state index in [-0.39, 0.29) is 0 Å². The van der Waals surface area contributed by atoms with E-state index in [0.29, 0.717) is 40.5 Å². The lowest BCUT2D eigenvalue weighted by Gasteiger charge is -2.35. The van der Waals surface area contributed by atoms with Gasteiger partial charge in [-0.15, -0.1) is 0 Å². The highest BCUT2D eigenvalue weighted by atomic mass is 16.5. The SMILES string of the molecule is CC1(C)Oc2cc(-c3cc(-c4nc(-c5ccccc5)nc(-c5ccccc5)n4)cc(-c4nc(-c5ccccc5)nc(-c5ccccc5)n4)c3)ccc2-c2ccc(C#N)cc21. The molecule has 2 aromatic heterocycles. The maximum absolute atomic E-state index is 9.65. The Morgan fingerprint density at radius 1 is 0.383 bits per heavy atom. The lowest BCUT2D eigenvalue weighted by molar-refractivity contribution is 0.106. The normalized spacial score (nSPS) is 12.4. The second kappa shape index (κ2) is 15.0. The molecule has 0 fully saturated rings. The molecule has 0 atom stereocenters. The number of benzene rings is 7. The maximum Gasteiger partial charge on any atom is 0.164 e. The minimum Gasteiger partial charge on any atom is -0.482 e. The van der Waals surface area contributed by atoms with Crippen molar-refractivity contribution in [3.63, 3.8) is 0 Å². The first-order chi connectivity index (χ1) is 29.4. The Kier molecular flexibility index (Phi) is 9.04. The van der Waals surface area contributed by atoms with Crippen LogP contribution in [0.3, 0.4) is 0 Å². The van der Waals surface area contributed by atoms with Gasteiger partial charge in [0.1, 0.15) is 11.4 Å². The van der Waals surface area contributed by atoms with E-state index in [0.717, 1.165) is 66.9 Å². The van der Waals surface area contributed by atoms with Gasteiger partial charge in [-0.3, -0.25) is 0 Å². The number of fused-ring (bicyclic) bond motifs is 3. The molecule has 0 saturated carbocycles. The molecule has 9 aromatic rings. The molecule has 7 aromatic carbocycles. The minimum atomic E-state index is -0.667. The predicted octanol–water partition coefficient (Wildman–Crippen LogP) is 11.9. The largest absolute Gasteiger partial charge is 0.482 e. The lowest BCUT2D eigenvalue weighted by Crippen LogP contribution is -2.29. The summed E-state index contributed by atoms with van der Waals surface area (Å²) in [6.45, 7) is 4.07. The van der Waals surface area contributed by atoms with E-state index < -0.39 is 5.60 Å². The Hall–Kier alpha value is -8.15. The zero-order valence-corrected chi connectivity index (χ0v) is 32.8. The maximum atomic E-state index is 9.65. The van der Waals surface area contributed by atoms with Crippen LogP contribution < -0.4 is 4.74 Å². The number of hydrogen-bond donors (Lipinski definition) is 0. The van der Waals surface area contributed by atoms with Gasteiger partial charge >= 0.3 is 0 Å². The molecular weight excluding hydrogens is 739 g/mol. The lowest BCUT2D eigenvalue weighted by atomic mass is 9.84. The highest BCUT2D eigenvalue weighted by Crippen LogP contribution is 2.47. The predicted molar refractivity (Wildman–Crippen MR) is 235 cm³/mol. The van der Waals surface area contributed by atoms with Crippen molar-refractivity contribution in [2.24, 2.45) is 0 Å². The molecule has 0 N–H and O–H groups in total. The van der Waals surface area contributed by atoms with E-state index in [1.54, 1.807) is 0 Å². The van der Waals surface area contributed by atoms with Crippen molar-refractivity contribution in [2.75, 3.05) is 0 Å². The van der Waals surface area contributed by atoms with E-state index in [1.165, 1.54) is 0 Å². The molecule has 8 nitrogen and oxygen atoms in total. The molecule has 0 spiro atoms. The third kappa shape index (κ3) is 6.95. The first-order valence-electron chi connectivity index (χ1n) is 19.7. The summed E-state index contributed by atoms with van der Waals surface area (Å²) in [6.07, 6.45) is 0. The molecule has 10 rings (SSSR count). The van der Waals surface area contributed by atoms with Gasteiger partial charge in [-0.2, -0.15) is 5.26 Å². The van der Waals surface area contributed by atoms with Gasteiger partial charge in [0.05, 0.1) is 11.6 Å². The molecule has 0 aliphatic carbocycles. The topological polar surface area (TPSA) is 110 Å². The number of nitrogens with zero attached hydrogens (tertiary/aromatic N) is 7. The Balaban J connectivity index is 1.20. The molecular formula is C52H35N7O. The van der Waals surface area contributed by atoms with Gasteiger partial charge < -0.3 is 4.74 Å². The van der Waals surface area contributed by atoms with Gasteiger partial charge in [-0.1, -0.05) is 140 Å². The van der Waals surface area contributed by atoms with Gasteiger partial charge in [0, 0.05) is 44.5 Å². The molecule has 8 heteroatoms. The Labute approximate surface area is 347 Å². The van der Waals surface area contributed by atoms with Crippen LogP contribution in [0.5, 0.6) is 5.75 Å². The standard InChI is InChI=1S/C52H35N7O/c1-52(2)44-27-33(32-53)23-25-42(44)43-26-24-38(31-45(43)60-52)39-28-40(50-56-46(34-15-7-3-8-16-34)54-47(57-50)35-17-9-4-10-18-35)30-41(29-39)51-58-48(36-19-11-5-12-20-36)55-49(59-51)37-21-13-6-14-22-37/h3-31H,1-2H3. The number of rotatable bonds is 7. The van der Waals surface area contributed by atoms with Crippen molar-refractivity contribution < 1.29 is 4.74 Å². The minimum absolute atomic E-state index is 0.504.